The minimum Gasteiger partial charge on any atom is -0.399 e. The minimum atomic E-state index is -1.23. The molecule has 0 fully saturated rings. The number of hydrogen-bond donors (Lipinski definition) is 2. The van der Waals surface area contributed by atoms with E-state index in [1.807, 2.05) is 31.2 Å². The second-order valence-electron chi connectivity index (χ2n) is 4.83. The highest BCUT2D eigenvalue weighted by atomic mass is 32.2. The zero-order chi connectivity index (χ0) is 15.2. The van der Waals surface area contributed by atoms with Crippen LogP contribution in [0, 0.1) is 6.92 Å². The zero-order valence-electron chi connectivity index (χ0n) is 11.8. The lowest BCUT2D eigenvalue weighted by Crippen LogP contribution is -2.20. The first-order valence-corrected chi connectivity index (χ1v) is 8.08. The van der Waals surface area contributed by atoms with Gasteiger partial charge in [-0.25, -0.2) is 0 Å². The van der Waals surface area contributed by atoms with Crippen molar-refractivity contribution in [1.29, 1.82) is 0 Å². The van der Waals surface area contributed by atoms with E-state index in [0.717, 1.165) is 11.1 Å². The monoisotopic (exact) mass is 302 g/mol. The van der Waals surface area contributed by atoms with Gasteiger partial charge in [0.05, 0.1) is 0 Å². The predicted octanol–water partition coefficient (Wildman–Crippen LogP) is 2.46. The molecule has 2 aromatic rings. The van der Waals surface area contributed by atoms with Gasteiger partial charge < -0.3 is 11.1 Å². The van der Waals surface area contributed by atoms with E-state index in [0.29, 0.717) is 17.1 Å². The van der Waals surface area contributed by atoms with Gasteiger partial charge in [-0.1, -0.05) is 30.3 Å². The van der Waals surface area contributed by atoms with Crippen molar-refractivity contribution in [2.24, 2.45) is 0 Å². The molecule has 0 bridgehead atoms. The van der Waals surface area contributed by atoms with Crippen LogP contribution in [0.15, 0.2) is 48.5 Å². The first-order valence-electron chi connectivity index (χ1n) is 6.59. The van der Waals surface area contributed by atoms with Crippen molar-refractivity contribution in [3.8, 4) is 0 Å². The number of aryl methyl sites for hydroxylation is 1. The molecule has 0 heterocycles. The molecule has 1 unspecified atom stereocenters. The van der Waals surface area contributed by atoms with Gasteiger partial charge in [0, 0.05) is 27.9 Å². The van der Waals surface area contributed by atoms with Crippen molar-refractivity contribution in [3.63, 3.8) is 0 Å². The van der Waals surface area contributed by atoms with Gasteiger partial charge in [0.25, 0.3) is 0 Å². The van der Waals surface area contributed by atoms with Crippen LogP contribution in [0.5, 0.6) is 0 Å². The van der Waals surface area contributed by atoms with Gasteiger partial charge in [-0.15, -0.1) is 0 Å². The van der Waals surface area contributed by atoms with Crippen LogP contribution < -0.4 is 11.1 Å². The molecule has 3 N–H and O–H groups in total. The van der Waals surface area contributed by atoms with E-state index in [2.05, 4.69) is 5.32 Å². The lowest BCUT2D eigenvalue weighted by Gasteiger charge is -2.07. The first kappa shape index (κ1) is 15.3. The highest BCUT2D eigenvalue weighted by Crippen LogP contribution is 2.13. The number of amides is 1. The Labute approximate surface area is 126 Å². The van der Waals surface area contributed by atoms with E-state index in [-0.39, 0.29) is 11.7 Å². The van der Waals surface area contributed by atoms with Gasteiger partial charge in [0.2, 0.25) is 5.91 Å². The van der Waals surface area contributed by atoms with E-state index < -0.39 is 10.8 Å². The molecule has 0 spiro atoms. The Morgan fingerprint density at radius 2 is 1.95 bits per heavy atom. The molecule has 21 heavy (non-hydrogen) atoms. The summed E-state index contributed by atoms with van der Waals surface area (Å²) in [6.45, 7) is 1.97. The molecule has 4 nitrogen and oxygen atoms in total. The molecule has 2 rings (SSSR count). The summed E-state index contributed by atoms with van der Waals surface area (Å²) < 4.78 is 12.1. The predicted molar refractivity (Wildman–Crippen MR) is 87.4 cm³/mol. The smallest absolute Gasteiger partial charge is 0.237 e. The minimum absolute atomic E-state index is 0.0247. The molecule has 5 heteroatoms. The third-order valence-corrected chi connectivity index (χ3v) is 4.26. The summed E-state index contributed by atoms with van der Waals surface area (Å²) >= 11 is 0. The Balaban J connectivity index is 1.91. The molecule has 0 radical (unpaired) electrons. The van der Waals surface area contributed by atoms with E-state index >= 15 is 0 Å². The van der Waals surface area contributed by atoms with Crippen molar-refractivity contribution in [3.05, 3.63) is 59.7 Å². The van der Waals surface area contributed by atoms with Gasteiger partial charge in [-0.3, -0.25) is 9.00 Å². The molecule has 1 amide bonds. The van der Waals surface area contributed by atoms with E-state index in [4.69, 9.17) is 5.73 Å². The summed E-state index contributed by atoms with van der Waals surface area (Å²) in [5, 5.41) is 2.70. The highest BCUT2D eigenvalue weighted by molar-refractivity contribution is 7.84. The number of nitrogens with two attached hydrogens (primary N) is 1. The molecule has 0 aliphatic carbocycles. The van der Waals surface area contributed by atoms with Gasteiger partial charge in [0.1, 0.15) is 5.75 Å². The Morgan fingerprint density at radius 3 is 2.67 bits per heavy atom. The van der Waals surface area contributed by atoms with Crippen molar-refractivity contribution >= 4 is 28.1 Å². The van der Waals surface area contributed by atoms with Gasteiger partial charge in [-0.2, -0.15) is 0 Å². The van der Waals surface area contributed by atoms with Crippen LogP contribution in [-0.4, -0.2) is 15.9 Å². The Morgan fingerprint density at radius 1 is 1.19 bits per heavy atom. The summed E-state index contributed by atoms with van der Waals surface area (Å²) in [6.07, 6.45) is 0. The molecule has 0 aromatic heterocycles. The average molecular weight is 302 g/mol. The number of anilines is 2. The van der Waals surface area contributed by atoms with Crippen molar-refractivity contribution in [2.75, 3.05) is 16.8 Å². The Hall–Kier alpha value is -2.14. The lowest BCUT2D eigenvalue weighted by molar-refractivity contribution is -0.113. The molecule has 0 aliphatic heterocycles. The van der Waals surface area contributed by atoms with Crippen LogP contribution in [0.25, 0.3) is 0 Å². The van der Waals surface area contributed by atoms with E-state index in [1.54, 1.807) is 24.3 Å². The van der Waals surface area contributed by atoms with Crippen LogP contribution in [0.1, 0.15) is 11.1 Å². The second kappa shape index (κ2) is 7.04. The third-order valence-electron chi connectivity index (χ3n) is 3.04. The summed E-state index contributed by atoms with van der Waals surface area (Å²) in [5.41, 5.74) is 8.93. The molecule has 1 atom stereocenters. The largest absolute Gasteiger partial charge is 0.399 e. The maximum absolute atomic E-state index is 12.1. The Kier molecular flexibility index (Phi) is 5.11. The van der Waals surface area contributed by atoms with Gasteiger partial charge in [0.15, 0.2) is 0 Å². The summed E-state index contributed by atoms with van der Waals surface area (Å²) in [6, 6.07) is 14.7. The van der Waals surface area contributed by atoms with Crippen molar-refractivity contribution in [1.82, 2.24) is 0 Å². The number of nitrogens with one attached hydrogen (secondary N) is 1. The summed E-state index contributed by atoms with van der Waals surface area (Å²) in [4.78, 5) is 11.9. The molecule has 110 valence electrons. The molecule has 0 saturated heterocycles. The van der Waals surface area contributed by atoms with Crippen molar-refractivity contribution < 1.29 is 9.00 Å². The normalized spacial score (nSPS) is 11.9. The highest BCUT2D eigenvalue weighted by Gasteiger charge is 2.10. The van der Waals surface area contributed by atoms with Crippen LogP contribution in [0.2, 0.25) is 0 Å². The zero-order valence-corrected chi connectivity index (χ0v) is 12.7. The van der Waals surface area contributed by atoms with E-state index in [1.165, 1.54) is 0 Å². The summed E-state index contributed by atoms with van der Waals surface area (Å²) in [5.74, 6) is 0.0904. The molecule has 0 saturated carbocycles. The van der Waals surface area contributed by atoms with Gasteiger partial charge in [-0.05, 0) is 36.2 Å². The molecular formula is C16H18N2O2S. The fourth-order valence-corrected chi connectivity index (χ4v) is 3.09. The fraction of sp³-hybridized carbons (Fsp3) is 0.188. The number of carbonyl (C=O) groups is 1. The molecule has 0 aliphatic rings. The number of benzene rings is 2. The van der Waals surface area contributed by atoms with E-state index in [9.17, 15) is 9.00 Å². The number of carbonyl (C=O) groups excluding carboxylic acids is 1. The maximum Gasteiger partial charge on any atom is 0.237 e. The van der Waals surface area contributed by atoms with Crippen LogP contribution in [0.4, 0.5) is 11.4 Å². The quantitative estimate of drug-likeness (QED) is 0.833. The standard InChI is InChI=1S/C16H18N2O2S/c1-12-5-2-3-6-13(12)10-21(20)11-16(19)18-15-8-4-7-14(17)9-15/h2-9H,10-11,17H2,1H3,(H,18,19). The fourth-order valence-electron chi connectivity index (χ4n) is 1.96. The topological polar surface area (TPSA) is 72.2 Å². The van der Waals surface area contributed by atoms with Crippen LogP contribution in [0.3, 0.4) is 0 Å². The van der Waals surface area contributed by atoms with Crippen molar-refractivity contribution in [2.45, 2.75) is 12.7 Å². The lowest BCUT2D eigenvalue weighted by atomic mass is 10.1. The number of nitrogen functional groups attached to an aromatic ring is 1. The molecular weight excluding hydrogens is 284 g/mol. The van der Waals surface area contributed by atoms with Crippen LogP contribution >= 0.6 is 0 Å². The van der Waals surface area contributed by atoms with Crippen LogP contribution in [-0.2, 0) is 21.3 Å². The maximum atomic E-state index is 12.1. The third kappa shape index (κ3) is 4.72. The number of hydrogen-bond acceptors (Lipinski definition) is 3. The average Bonchev–Trinajstić information content (AvgIpc) is 2.41. The first-order chi connectivity index (χ1) is 10.0. The second-order valence-corrected chi connectivity index (χ2v) is 6.29. The SMILES string of the molecule is Cc1ccccc1CS(=O)CC(=O)Nc1cccc(N)c1. The molecule has 2 aromatic carbocycles. The summed E-state index contributed by atoms with van der Waals surface area (Å²) in [7, 11) is -1.23. The van der Waals surface area contributed by atoms with Gasteiger partial charge >= 0.3 is 0 Å². The number of rotatable bonds is 5. The Bertz CT molecular complexity index is 671.